The van der Waals surface area contributed by atoms with Crippen molar-refractivity contribution in [3.05, 3.63) is 52.0 Å². The van der Waals surface area contributed by atoms with E-state index in [0.717, 1.165) is 23.5 Å². The summed E-state index contributed by atoms with van der Waals surface area (Å²) < 4.78 is 0. The second-order valence-corrected chi connectivity index (χ2v) is 5.35. The first-order chi connectivity index (χ1) is 8.81. The van der Waals surface area contributed by atoms with Gasteiger partial charge in [-0.15, -0.1) is 11.3 Å². The van der Waals surface area contributed by atoms with Crippen molar-refractivity contribution in [2.24, 2.45) is 0 Å². The third-order valence-electron chi connectivity index (χ3n) is 3.40. The summed E-state index contributed by atoms with van der Waals surface area (Å²) in [6, 6.07) is 8.41. The smallest absolute Gasteiger partial charge is 0.129 e. The van der Waals surface area contributed by atoms with Crippen LogP contribution in [-0.4, -0.2) is 15.7 Å². The molecule has 1 aromatic heterocycles. The van der Waals surface area contributed by atoms with Gasteiger partial charge in [-0.05, 0) is 12.0 Å². The molecule has 0 spiro atoms. The first kappa shape index (κ1) is 11.4. The highest BCUT2D eigenvalue weighted by atomic mass is 32.1. The van der Waals surface area contributed by atoms with Crippen LogP contribution in [0.5, 0.6) is 0 Å². The lowest BCUT2D eigenvalue weighted by Crippen LogP contribution is -2.28. The molecular formula is C14H15N3S. The number of fused-ring (bicyclic) bond motifs is 1. The molecule has 0 saturated carbocycles. The maximum atomic E-state index is 8.33. The fourth-order valence-electron chi connectivity index (χ4n) is 2.50. The van der Waals surface area contributed by atoms with E-state index in [1.165, 1.54) is 5.56 Å². The molecule has 1 N–H and O–H groups in total. The summed E-state index contributed by atoms with van der Waals surface area (Å²) in [6.45, 7) is 2.98. The van der Waals surface area contributed by atoms with Crippen LogP contribution >= 0.6 is 11.3 Å². The van der Waals surface area contributed by atoms with Crippen LogP contribution in [0.2, 0.25) is 0 Å². The first-order valence-corrected chi connectivity index (χ1v) is 7.02. The van der Waals surface area contributed by atoms with E-state index in [-0.39, 0.29) is 6.04 Å². The number of hydrogen-bond donors (Lipinski definition) is 1. The van der Waals surface area contributed by atoms with Crippen molar-refractivity contribution in [3.63, 3.8) is 0 Å². The number of aromatic nitrogens is 1. The molecule has 4 heteroatoms. The number of nitrogens with one attached hydrogen (secondary N) is 1. The minimum absolute atomic E-state index is 0.227. The molecule has 1 aliphatic heterocycles. The molecule has 0 saturated heterocycles. The van der Waals surface area contributed by atoms with E-state index in [1.54, 1.807) is 11.3 Å². The van der Waals surface area contributed by atoms with Gasteiger partial charge in [0.05, 0.1) is 6.04 Å². The monoisotopic (exact) mass is 257 g/mol. The number of thiazole rings is 1. The van der Waals surface area contributed by atoms with Gasteiger partial charge in [0, 0.05) is 23.7 Å². The minimum Gasteiger partial charge on any atom is -0.343 e. The highest BCUT2D eigenvalue weighted by molar-refractivity contribution is 7.09. The average molecular weight is 257 g/mol. The Labute approximate surface area is 111 Å². The molecule has 92 valence electrons. The van der Waals surface area contributed by atoms with Crippen molar-refractivity contribution in [3.8, 4) is 0 Å². The van der Waals surface area contributed by atoms with Gasteiger partial charge in [0.25, 0.3) is 0 Å². The summed E-state index contributed by atoms with van der Waals surface area (Å²) in [5.41, 5.74) is 2.31. The Hall–Kier alpha value is -1.68. The van der Waals surface area contributed by atoms with Crippen molar-refractivity contribution >= 4 is 17.2 Å². The molecule has 0 fully saturated rings. The molecule has 0 aliphatic carbocycles. The van der Waals surface area contributed by atoms with Crippen molar-refractivity contribution in [2.45, 2.75) is 25.9 Å². The summed E-state index contributed by atoms with van der Waals surface area (Å²) in [6.07, 6.45) is 2.82. The third kappa shape index (κ3) is 1.73. The molecule has 3 rings (SSSR count). The SMILES string of the molecule is CCC(c1nccs1)N1Cc2ccccc2C1=N. The predicted octanol–water partition coefficient (Wildman–Crippen LogP) is 3.44. The fraction of sp³-hybridized carbons (Fsp3) is 0.286. The average Bonchev–Trinajstić information content (AvgIpc) is 3.01. The highest BCUT2D eigenvalue weighted by Gasteiger charge is 2.30. The second-order valence-electron chi connectivity index (χ2n) is 4.43. The molecule has 0 amide bonds. The number of nitrogens with zero attached hydrogens (tertiary/aromatic N) is 2. The molecule has 3 nitrogen and oxygen atoms in total. The van der Waals surface area contributed by atoms with E-state index < -0.39 is 0 Å². The van der Waals surface area contributed by atoms with Crippen LogP contribution in [0.15, 0.2) is 35.8 Å². The fourth-order valence-corrected chi connectivity index (χ4v) is 3.33. The molecule has 1 aromatic carbocycles. The van der Waals surface area contributed by atoms with Crippen LogP contribution < -0.4 is 0 Å². The van der Waals surface area contributed by atoms with Crippen molar-refractivity contribution in [1.82, 2.24) is 9.88 Å². The Kier molecular flexibility index (Phi) is 2.88. The number of benzene rings is 1. The first-order valence-electron chi connectivity index (χ1n) is 6.14. The van der Waals surface area contributed by atoms with Gasteiger partial charge in [0.15, 0.2) is 0 Å². The van der Waals surface area contributed by atoms with Gasteiger partial charge >= 0.3 is 0 Å². The zero-order valence-corrected chi connectivity index (χ0v) is 11.1. The van der Waals surface area contributed by atoms with Gasteiger partial charge in [0.1, 0.15) is 10.8 Å². The maximum absolute atomic E-state index is 8.33. The van der Waals surface area contributed by atoms with Crippen LogP contribution in [-0.2, 0) is 6.54 Å². The zero-order valence-electron chi connectivity index (χ0n) is 10.3. The van der Waals surface area contributed by atoms with E-state index in [1.807, 2.05) is 29.8 Å². The van der Waals surface area contributed by atoms with Gasteiger partial charge in [-0.1, -0.05) is 31.2 Å². The summed E-state index contributed by atoms with van der Waals surface area (Å²) in [5.74, 6) is 0.632. The van der Waals surface area contributed by atoms with Gasteiger partial charge in [-0.2, -0.15) is 0 Å². The lowest BCUT2D eigenvalue weighted by molar-refractivity contribution is 0.311. The molecule has 2 aromatic rings. The van der Waals surface area contributed by atoms with Gasteiger partial charge in [-0.25, -0.2) is 4.98 Å². The maximum Gasteiger partial charge on any atom is 0.129 e. The summed E-state index contributed by atoms with van der Waals surface area (Å²) in [4.78, 5) is 6.57. The molecular weight excluding hydrogens is 242 g/mol. The topological polar surface area (TPSA) is 40.0 Å². The van der Waals surface area contributed by atoms with E-state index >= 15 is 0 Å². The van der Waals surface area contributed by atoms with Crippen LogP contribution in [0.3, 0.4) is 0 Å². The Bertz CT molecular complexity index is 562. The molecule has 1 atom stereocenters. The largest absolute Gasteiger partial charge is 0.343 e. The van der Waals surface area contributed by atoms with Gasteiger partial charge < -0.3 is 4.90 Å². The lowest BCUT2D eigenvalue weighted by Gasteiger charge is -2.26. The van der Waals surface area contributed by atoms with Crippen LogP contribution in [0.4, 0.5) is 0 Å². The summed E-state index contributed by atoms with van der Waals surface area (Å²) in [7, 11) is 0. The predicted molar refractivity (Wildman–Crippen MR) is 74.0 cm³/mol. The van der Waals surface area contributed by atoms with Crippen LogP contribution in [0.1, 0.15) is 35.5 Å². The lowest BCUT2D eigenvalue weighted by atomic mass is 10.1. The zero-order chi connectivity index (χ0) is 12.5. The van der Waals surface area contributed by atoms with Crippen molar-refractivity contribution in [1.29, 1.82) is 5.41 Å². The minimum atomic E-state index is 0.227. The van der Waals surface area contributed by atoms with E-state index in [9.17, 15) is 0 Å². The molecule has 2 heterocycles. The van der Waals surface area contributed by atoms with E-state index in [2.05, 4.69) is 22.9 Å². The normalized spacial score (nSPS) is 15.8. The Balaban J connectivity index is 1.94. The number of amidine groups is 1. The molecule has 18 heavy (non-hydrogen) atoms. The van der Waals surface area contributed by atoms with Crippen LogP contribution in [0.25, 0.3) is 0 Å². The van der Waals surface area contributed by atoms with Crippen molar-refractivity contribution < 1.29 is 0 Å². The number of rotatable bonds is 3. The summed E-state index contributed by atoms with van der Waals surface area (Å²) in [5, 5.41) is 11.4. The molecule has 0 radical (unpaired) electrons. The standard InChI is InChI=1S/C14H15N3S/c1-2-12(14-16-7-8-18-14)17-9-10-5-3-4-6-11(10)13(17)15/h3-8,12,15H,2,9H2,1H3. The number of hydrogen-bond acceptors (Lipinski definition) is 3. The highest BCUT2D eigenvalue weighted by Crippen LogP contribution is 2.33. The Morgan fingerprint density at radius 2 is 2.28 bits per heavy atom. The van der Waals surface area contributed by atoms with Crippen LogP contribution in [0, 0.1) is 5.41 Å². The quantitative estimate of drug-likeness (QED) is 0.915. The van der Waals surface area contributed by atoms with E-state index in [4.69, 9.17) is 5.41 Å². The van der Waals surface area contributed by atoms with E-state index in [0.29, 0.717) is 5.84 Å². The Morgan fingerprint density at radius 3 is 2.94 bits per heavy atom. The third-order valence-corrected chi connectivity index (χ3v) is 4.28. The van der Waals surface area contributed by atoms with Gasteiger partial charge in [-0.3, -0.25) is 5.41 Å². The van der Waals surface area contributed by atoms with Gasteiger partial charge in [0.2, 0.25) is 0 Å². The Morgan fingerprint density at radius 1 is 1.44 bits per heavy atom. The molecule has 1 aliphatic rings. The second kappa shape index (κ2) is 4.53. The van der Waals surface area contributed by atoms with Crippen molar-refractivity contribution in [2.75, 3.05) is 0 Å². The molecule has 0 bridgehead atoms. The molecule has 1 unspecified atom stereocenters. The summed E-state index contributed by atoms with van der Waals surface area (Å²) >= 11 is 1.67.